The van der Waals surface area contributed by atoms with Gasteiger partial charge in [-0.1, -0.05) is 19.4 Å². The van der Waals surface area contributed by atoms with E-state index >= 15 is 0 Å². The van der Waals surface area contributed by atoms with Crippen molar-refractivity contribution < 1.29 is 19.1 Å². The van der Waals surface area contributed by atoms with Gasteiger partial charge in [-0.3, -0.25) is 9.59 Å². The number of rotatable bonds is 8. The number of hydrogen-bond acceptors (Lipinski definition) is 4. The summed E-state index contributed by atoms with van der Waals surface area (Å²) in [5, 5.41) is 2.81. The Labute approximate surface area is 160 Å². The van der Waals surface area contributed by atoms with Crippen LogP contribution in [0.25, 0.3) is 0 Å². The SMILES string of the molecule is CCCCN(C)C(=O)c1cccc(C(=O)Nc2cc(OC)ccc2OC)c1. The molecule has 0 unspecified atom stereocenters. The Kier molecular flexibility index (Phi) is 7.23. The van der Waals surface area contributed by atoms with Crippen molar-refractivity contribution in [2.24, 2.45) is 0 Å². The quantitative estimate of drug-likeness (QED) is 0.767. The van der Waals surface area contributed by atoms with E-state index in [4.69, 9.17) is 9.47 Å². The second kappa shape index (κ2) is 9.62. The van der Waals surface area contributed by atoms with E-state index in [1.54, 1.807) is 61.5 Å². The lowest BCUT2D eigenvalue weighted by Crippen LogP contribution is -2.28. The van der Waals surface area contributed by atoms with Crippen LogP contribution in [-0.2, 0) is 0 Å². The van der Waals surface area contributed by atoms with Gasteiger partial charge in [0.15, 0.2) is 0 Å². The van der Waals surface area contributed by atoms with Gasteiger partial charge < -0.3 is 19.7 Å². The molecule has 0 aliphatic rings. The van der Waals surface area contributed by atoms with Gasteiger partial charge in [-0.25, -0.2) is 0 Å². The standard InChI is InChI=1S/C21H26N2O4/c1-5-6-12-23(2)21(25)16-9-7-8-15(13-16)20(24)22-18-14-17(26-3)10-11-19(18)27-4/h7-11,13-14H,5-6,12H2,1-4H3,(H,22,24). The van der Waals surface area contributed by atoms with Gasteiger partial charge >= 0.3 is 0 Å². The summed E-state index contributed by atoms with van der Waals surface area (Å²) in [6.45, 7) is 2.77. The van der Waals surface area contributed by atoms with Crippen LogP contribution in [0.2, 0.25) is 0 Å². The average molecular weight is 370 g/mol. The van der Waals surface area contributed by atoms with E-state index < -0.39 is 0 Å². The number of anilines is 1. The van der Waals surface area contributed by atoms with Crippen molar-refractivity contribution in [3.8, 4) is 11.5 Å². The summed E-state index contributed by atoms with van der Waals surface area (Å²) in [6, 6.07) is 11.9. The van der Waals surface area contributed by atoms with Gasteiger partial charge in [0.25, 0.3) is 11.8 Å². The van der Waals surface area contributed by atoms with E-state index in [0.717, 1.165) is 12.8 Å². The van der Waals surface area contributed by atoms with Crippen LogP contribution >= 0.6 is 0 Å². The van der Waals surface area contributed by atoms with Crippen molar-refractivity contribution in [2.75, 3.05) is 33.1 Å². The molecule has 0 radical (unpaired) electrons. The van der Waals surface area contributed by atoms with Crippen LogP contribution in [0.4, 0.5) is 5.69 Å². The first-order valence-electron chi connectivity index (χ1n) is 8.89. The smallest absolute Gasteiger partial charge is 0.255 e. The Morgan fingerprint density at radius 3 is 2.44 bits per heavy atom. The third-order valence-corrected chi connectivity index (χ3v) is 4.22. The number of benzene rings is 2. The summed E-state index contributed by atoms with van der Waals surface area (Å²) in [5.74, 6) is 0.702. The molecule has 1 N–H and O–H groups in total. The van der Waals surface area contributed by atoms with E-state index in [1.165, 1.54) is 7.11 Å². The minimum Gasteiger partial charge on any atom is -0.497 e. The molecule has 6 heteroatoms. The molecule has 2 aromatic carbocycles. The monoisotopic (exact) mass is 370 g/mol. The molecule has 0 aliphatic carbocycles. The minimum atomic E-state index is -0.326. The van der Waals surface area contributed by atoms with Crippen molar-refractivity contribution >= 4 is 17.5 Å². The van der Waals surface area contributed by atoms with Crippen molar-refractivity contribution in [1.82, 2.24) is 4.90 Å². The van der Waals surface area contributed by atoms with Gasteiger partial charge in [0.05, 0.1) is 19.9 Å². The molecule has 0 spiro atoms. The molecule has 0 saturated heterocycles. The number of carbonyl (C=O) groups is 2. The van der Waals surface area contributed by atoms with Crippen molar-refractivity contribution in [1.29, 1.82) is 0 Å². The lowest BCUT2D eigenvalue weighted by Gasteiger charge is -2.17. The number of nitrogens with zero attached hydrogens (tertiary/aromatic N) is 1. The lowest BCUT2D eigenvalue weighted by atomic mass is 10.1. The topological polar surface area (TPSA) is 67.9 Å². The first-order chi connectivity index (χ1) is 13.0. The number of methoxy groups -OCH3 is 2. The van der Waals surface area contributed by atoms with E-state index in [9.17, 15) is 9.59 Å². The zero-order valence-electron chi connectivity index (χ0n) is 16.2. The summed E-state index contributed by atoms with van der Waals surface area (Å²) in [4.78, 5) is 26.9. The Morgan fingerprint density at radius 2 is 1.78 bits per heavy atom. The van der Waals surface area contributed by atoms with Crippen LogP contribution in [0.3, 0.4) is 0 Å². The first-order valence-corrected chi connectivity index (χ1v) is 8.89. The molecule has 2 rings (SSSR count). The van der Waals surface area contributed by atoms with Gasteiger partial charge in [-0.2, -0.15) is 0 Å². The summed E-state index contributed by atoms with van der Waals surface area (Å²) in [6.07, 6.45) is 1.96. The van der Waals surface area contributed by atoms with E-state index in [0.29, 0.717) is 34.9 Å². The summed E-state index contributed by atoms with van der Waals surface area (Å²) in [7, 11) is 4.85. The Balaban J connectivity index is 2.19. The van der Waals surface area contributed by atoms with Gasteiger partial charge in [-0.05, 0) is 36.8 Å². The molecule has 0 aromatic heterocycles. The number of amides is 2. The van der Waals surface area contributed by atoms with Gasteiger partial charge in [0.2, 0.25) is 0 Å². The normalized spacial score (nSPS) is 10.2. The van der Waals surface area contributed by atoms with Crippen LogP contribution in [0.1, 0.15) is 40.5 Å². The highest BCUT2D eigenvalue weighted by molar-refractivity contribution is 6.06. The molecule has 2 amide bonds. The van der Waals surface area contributed by atoms with Crippen molar-refractivity contribution in [3.05, 3.63) is 53.6 Å². The maximum Gasteiger partial charge on any atom is 0.255 e. The number of hydrogen-bond donors (Lipinski definition) is 1. The molecule has 27 heavy (non-hydrogen) atoms. The number of nitrogens with one attached hydrogen (secondary N) is 1. The Bertz CT molecular complexity index is 805. The zero-order chi connectivity index (χ0) is 19.8. The van der Waals surface area contributed by atoms with Crippen molar-refractivity contribution in [2.45, 2.75) is 19.8 Å². The molecule has 0 bridgehead atoms. The fourth-order valence-electron chi connectivity index (χ4n) is 2.62. The predicted octanol–water partition coefficient (Wildman–Crippen LogP) is 3.83. The molecule has 0 aliphatic heterocycles. The fourth-order valence-corrected chi connectivity index (χ4v) is 2.62. The fraction of sp³-hybridized carbons (Fsp3) is 0.333. The van der Waals surface area contributed by atoms with Gasteiger partial charge in [-0.15, -0.1) is 0 Å². The molecule has 2 aromatic rings. The average Bonchev–Trinajstić information content (AvgIpc) is 2.71. The minimum absolute atomic E-state index is 0.0999. The predicted molar refractivity (Wildman–Crippen MR) is 106 cm³/mol. The van der Waals surface area contributed by atoms with Gasteiger partial charge in [0, 0.05) is 30.8 Å². The molecule has 0 atom stereocenters. The number of ether oxygens (including phenoxy) is 2. The van der Waals surface area contributed by atoms with Gasteiger partial charge in [0.1, 0.15) is 11.5 Å². The van der Waals surface area contributed by atoms with Crippen LogP contribution in [0, 0.1) is 0 Å². The highest BCUT2D eigenvalue weighted by atomic mass is 16.5. The number of carbonyl (C=O) groups excluding carboxylic acids is 2. The molecule has 0 heterocycles. The van der Waals surface area contributed by atoms with E-state index in [-0.39, 0.29) is 11.8 Å². The largest absolute Gasteiger partial charge is 0.497 e. The van der Waals surface area contributed by atoms with E-state index in [2.05, 4.69) is 12.2 Å². The maximum absolute atomic E-state index is 12.7. The Hall–Kier alpha value is -3.02. The third kappa shape index (κ3) is 5.23. The molecular formula is C21H26N2O4. The summed E-state index contributed by atoms with van der Waals surface area (Å²) in [5.41, 5.74) is 1.38. The van der Waals surface area contributed by atoms with Crippen LogP contribution < -0.4 is 14.8 Å². The highest BCUT2D eigenvalue weighted by Gasteiger charge is 2.15. The molecular weight excluding hydrogens is 344 g/mol. The molecule has 0 saturated carbocycles. The van der Waals surface area contributed by atoms with E-state index in [1.807, 2.05) is 0 Å². The van der Waals surface area contributed by atoms with Crippen LogP contribution in [0.15, 0.2) is 42.5 Å². The highest BCUT2D eigenvalue weighted by Crippen LogP contribution is 2.29. The molecule has 0 fully saturated rings. The first kappa shape index (κ1) is 20.3. The summed E-state index contributed by atoms with van der Waals surface area (Å²) < 4.78 is 10.5. The van der Waals surface area contributed by atoms with Crippen LogP contribution in [0.5, 0.6) is 11.5 Å². The van der Waals surface area contributed by atoms with Crippen LogP contribution in [-0.4, -0.2) is 44.5 Å². The number of unbranched alkanes of at least 4 members (excludes halogenated alkanes) is 1. The lowest BCUT2D eigenvalue weighted by molar-refractivity contribution is 0.0793. The third-order valence-electron chi connectivity index (χ3n) is 4.22. The van der Waals surface area contributed by atoms with Crippen molar-refractivity contribution in [3.63, 3.8) is 0 Å². The second-order valence-electron chi connectivity index (χ2n) is 6.18. The zero-order valence-corrected chi connectivity index (χ0v) is 16.2. The maximum atomic E-state index is 12.7. The second-order valence-corrected chi connectivity index (χ2v) is 6.18. The molecule has 144 valence electrons. The Morgan fingerprint density at radius 1 is 1.04 bits per heavy atom. The summed E-state index contributed by atoms with van der Waals surface area (Å²) >= 11 is 0. The molecule has 6 nitrogen and oxygen atoms in total.